The molecule has 4 nitrogen and oxygen atoms in total. The summed E-state index contributed by atoms with van der Waals surface area (Å²) in [7, 11) is 0. The van der Waals surface area contributed by atoms with E-state index < -0.39 is 6.10 Å². The topological polar surface area (TPSA) is 55.4 Å². The highest BCUT2D eigenvalue weighted by Gasteiger charge is 2.35. The average Bonchev–Trinajstić information content (AvgIpc) is 3.40. The number of hydrogen-bond donors (Lipinski definition) is 1. The molecule has 1 amide bonds. The smallest absolute Gasteiger partial charge is 0.310 e. The van der Waals surface area contributed by atoms with E-state index in [0.29, 0.717) is 11.3 Å². The molecule has 1 atom stereocenters. The fourth-order valence-electron chi connectivity index (χ4n) is 2.28. The van der Waals surface area contributed by atoms with Crippen LogP contribution in [0.2, 0.25) is 0 Å². The number of nitrogens with one attached hydrogen (secondary N) is 1. The zero-order chi connectivity index (χ0) is 16.2. The molecule has 0 aromatic heterocycles. The molecule has 0 heterocycles. The molecule has 0 bridgehead atoms. The van der Waals surface area contributed by atoms with Gasteiger partial charge in [-0.15, -0.1) is 0 Å². The monoisotopic (exact) mass is 309 g/mol. The molecule has 2 aromatic carbocycles. The number of anilines is 1. The molecule has 0 aliphatic heterocycles. The number of esters is 1. The SMILES string of the molecule is Cc1ccc(NC(=O)[C@@H](OC(=O)C2CC2)c2ccccc2)cc1. The first-order chi connectivity index (χ1) is 11.1. The maximum Gasteiger partial charge on any atom is 0.310 e. The van der Waals surface area contributed by atoms with Crippen molar-refractivity contribution in [1.82, 2.24) is 0 Å². The van der Waals surface area contributed by atoms with E-state index >= 15 is 0 Å². The Morgan fingerprint density at radius 1 is 1.04 bits per heavy atom. The lowest BCUT2D eigenvalue weighted by Crippen LogP contribution is -2.26. The predicted octanol–water partition coefficient (Wildman–Crippen LogP) is 3.63. The summed E-state index contributed by atoms with van der Waals surface area (Å²) >= 11 is 0. The number of rotatable bonds is 5. The normalized spacial score (nSPS) is 14.8. The molecule has 2 aromatic rings. The Morgan fingerprint density at radius 2 is 1.70 bits per heavy atom. The van der Waals surface area contributed by atoms with Crippen LogP contribution in [0.1, 0.15) is 30.1 Å². The van der Waals surface area contributed by atoms with E-state index in [-0.39, 0.29) is 17.8 Å². The van der Waals surface area contributed by atoms with Crippen molar-refractivity contribution in [3.63, 3.8) is 0 Å². The Hall–Kier alpha value is -2.62. The Balaban J connectivity index is 1.77. The Morgan fingerprint density at radius 3 is 2.30 bits per heavy atom. The van der Waals surface area contributed by atoms with E-state index in [2.05, 4.69) is 5.32 Å². The van der Waals surface area contributed by atoms with E-state index in [9.17, 15) is 9.59 Å². The van der Waals surface area contributed by atoms with Crippen molar-refractivity contribution in [2.24, 2.45) is 5.92 Å². The maximum atomic E-state index is 12.6. The van der Waals surface area contributed by atoms with Crippen molar-refractivity contribution in [3.8, 4) is 0 Å². The van der Waals surface area contributed by atoms with Gasteiger partial charge in [0.1, 0.15) is 0 Å². The van der Waals surface area contributed by atoms with Gasteiger partial charge in [-0.05, 0) is 31.9 Å². The second-order valence-electron chi connectivity index (χ2n) is 5.86. The summed E-state index contributed by atoms with van der Waals surface area (Å²) < 4.78 is 5.47. The standard InChI is InChI=1S/C19H19NO3/c1-13-7-11-16(12-8-13)20-18(21)17(14-5-3-2-4-6-14)23-19(22)15-9-10-15/h2-8,11-12,15,17H,9-10H2,1H3,(H,20,21)/t17-/m0/s1. The first-order valence-electron chi connectivity index (χ1n) is 7.76. The first kappa shape index (κ1) is 15.3. The summed E-state index contributed by atoms with van der Waals surface area (Å²) in [5, 5.41) is 2.82. The van der Waals surface area contributed by atoms with Crippen LogP contribution < -0.4 is 5.32 Å². The van der Waals surface area contributed by atoms with Crippen LogP contribution in [0.15, 0.2) is 54.6 Å². The number of carbonyl (C=O) groups is 2. The van der Waals surface area contributed by atoms with Gasteiger partial charge in [0.2, 0.25) is 6.10 Å². The zero-order valence-electron chi connectivity index (χ0n) is 13.0. The van der Waals surface area contributed by atoms with Crippen LogP contribution in [0.4, 0.5) is 5.69 Å². The number of aryl methyl sites for hydroxylation is 1. The number of amides is 1. The quantitative estimate of drug-likeness (QED) is 0.858. The van der Waals surface area contributed by atoms with Gasteiger partial charge in [0.25, 0.3) is 5.91 Å². The van der Waals surface area contributed by atoms with Crippen LogP contribution >= 0.6 is 0 Å². The zero-order valence-corrected chi connectivity index (χ0v) is 13.0. The van der Waals surface area contributed by atoms with E-state index in [4.69, 9.17) is 4.74 Å². The molecular weight excluding hydrogens is 290 g/mol. The van der Waals surface area contributed by atoms with Gasteiger partial charge < -0.3 is 10.1 Å². The molecule has 1 N–H and O–H groups in total. The highest BCUT2D eigenvalue weighted by Crippen LogP contribution is 2.32. The van der Waals surface area contributed by atoms with Gasteiger partial charge in [-0.2, -0.15) is 0 Å². The van der Waals surface area contributed by atoms with Crippen LogP contribution in [0.3, 0.4) is 0 Å². The fourth-order valence-corrected chi connectivity index (χ4v) is 2.28. The van der Waals surface area contributed by atoms with Gasteiger partial charge in [0, 0.05) is 11.3 Å². The molecule has 1 aliphatic rings. The third-order valence-corrected chi connectivity index (χ3v) is 3.80. The van der Waals surface area contributed by atoms with Crippen molar-refractivity contribution in [2.45, 2.75) is 25.9 Å². The number of ether oxygens (including phenoxy) is 1. The van der Waals surface area contributed by atoms with Crippen LogP contribution in [-0.4, -0.2) is 11.9 Å². The lowest BCUT2D eigenvalue weighted by atomic mass is 10.1. The molecule has 23 heavy (non-hydrogen) atoms. The number of hydrogen-bond acceptors (Lipinski definition) is 3. The highest BCUT2D eigenvalue weighted by molar-refractivity contribution is 5.96. The molecule has 0 radical (unpaired) electrons. The second kappa shape index (κ2) is 6.65. The molecule has 0 saturated heterocycles. The lowest BCUT2D eigenvalue weighted by Gasteiger charge is -2.18. The van der Waals surface area contributed by atoms with Crippen molar-refractivity contribution >= 4 is 17.6 Å². The second-order valence-corrected chi connectivity index (χ2v) is 5.86. The van der Waals surface area contributed by atoms with Gasteiger partial charge in [-0.25, -0.2) is 0 Å². The van der Waals surface area contributed by atoms with Gasteiger partial charge in [0.05, 0.1) is 5.92 Å². The van der Waals surface area contributed by atoms with Crippen LogP contribution in [0, 0.1) is 12.8 Å². The van der Waals surface area contributed by atoms with Crippen molar-refractivity contribution in [2.75, 3.05) is 5.32 Å². The number of carbonyl (C=O) groups excluding carboxylic acids is 2. The molecule has 118 valence electrons. The summed E-state index contributed by atoms with van der Waals surface area (Å²) in [5.41, 5.74) is 2.47. The molecule has 4 heteroatoms. The van der Waals surface area contributed by atoms with Crippen LogP contribution in [-0.2, 0) is 14.3 Å². The summed E-state index contributed by atoms with van der Waals surface area (Å²) in [4.78, 5) is 24.6. The summed E-state index contributed by atoms with van der Waals surface area (Å²) in [6.07, 6.45) is 0.769. The van der Waals surface area contributed by atoms with Gasteiger partial charge in [-0.3, -0.25) is 9.59 Å². The molecule has 1 fully saturated rings. The number of benzene rings is 2. The maximum absolute atomic E-state index is 12.6. The van der Waals surface area contributed by atoms with Crippen molar-refractivity contribution < 1.29 is 14.3 Å². The van der Waals surface area contributed by atoms with Gasteiger partial charge in [-0.1, -0.05) is 48.0 Å². The third-order valence-electron chi connectivity index (χ3n) is 3.80. The van der Waals surface area contributed by atoms with Crippen molar-refractivity contribution in [3.05, 3.63) is 65.7 Å². The van der Waals surface area contributed by atoms with E-state index in [0.717, 1.165) is 18.4 Å². The van der Waals surface area contributed by atoms with Crippen molar-refractivity contribution in [1.29, 1.82) is 0 Å². The Bertz CT molecular complexity index is 690. The summed E-state index contributed by atoms with van der Waals surface area (Å²) in [5.74, 6) is -0.680. The Kier molecular flexibility index (Phi) is 4.42. The summed E-state index contributed by atoms with van der Waals surface area (Å²) in [6.45, 7) is 1.98. The minimum atomic E-state index is -0.925. The van der Waals surface area contributed by atoms with E-state index in [1.165, 1.54) is 0 Å². The lowest BCUT2D eigenvalue weighted by molar-refractivity contribution is -0.156. The van der Waals surface area contributed by atoms with Crippen LogP contribution in [0.25, 0.3) is 0 Å². The van der Waals surface area contributed by atoms with Crippen LogP contribution in [0.5, 0.6) is 0 Å². The first-order valence-corrected chi connectivity index (χ1v) is 7.76. The average molecular weight is 309 g/mol. The largest absolute Gasteiger partial charge is 0.447 e. The predicted molar refractivity (Wildman–Crippen MR) is 87.8 cm³/mol. The van der Waals surface area contributed by atoms with Gasteiger partial charge >= 0.3 is 5.97 Å². The minimum absolute atomic E-state index is 0.0478. The minimum Gasteiger partial charge on any atom is -0.447 e. The van der Waals surface area contributed by atoms with E-state index in [1.54, 1.807) is 12.1 Å². The third kappa shape index (κ3) is 3.97. The molecule has 0 unspecified atom stereocenters. The molecule has 3 rings (SSSR count). The van der Waals surface area contributed by atoms with Gasteiger partial charge in [0.15, 0.2) is 0 Å². The molecule has 0 spiro atoms. The van der Waals surface area contributed by atoms with E-state index in [1.807, 2.05) is 49.4 Å². The highest BCUT2D eigenvalue weighted by atomic mass is 16.5. The summed E-state index contributed by atoms with van der Waals surface area (Å²) in [6, 6.07) is 16.6. The Labute approximate surface area is 135 Å². The fraction of sp³-hybridized carbons (Fsp3) is 0.263. The molecular formula is C19H19NO3. The molecule has 1 saturated carbocycles. The molecule has 1 aliphatic carbocycles.